The van der Waals surface area contributed by atoms with Gasteiger partial charge in [-0.1, -0.05) is 44.2 Å². The molecule has 2 aromatic heterocycles. The number of carboxylic acids is 1. The number of hydrogen-bond acceptors (Lipinski definition) is 12. The van der Waals surface area contributed by atoms with E-state index < -0.39 is 41.6 Å². The maximum atomic E-state index is 14.1. The second-order valence-electron chi connectivity index (χ2n) is 19.1. The predicted octanol–water partition coefficient (Wildman–Crippen LogP) is 5.75. The molecule has 4 aromatic rings. The van der Waals surface area contributed by atoms with E-state index >= 15 is 0 Å². The number of carbonyl (C=O) groups excluding carboxylic acids is 2. The van der Waals surface area contributed by atoms with Crippen molar-refractivity contribution in [1.82, 2.24) is 30.2 Å². The summed E-state index contributed by atoms with van der Waals surface area (Å²) >= 11 is 0. The fraction of sp³-hybridized carbons (Fsp3) is 0.560. The molecule has 66 heavy (non-hydrogen) atoms. The maximum absolute atomic E-state index is 14.1. The van der Waals surface area contributed by atoms with Crippen LogP contribution >= 0.6 is 0 Å². The summed E-state index contributed by atoms with van der Waals surface area (Å²) < 4.78 is 20.2. The number of morpholine rings is 1. The maximum Gasteiger partial charge on any atom is 0.408 e. The Bertz CT molecular complexity index is 2330. The van der Waals surface area contributed by atoms with Gasteiger partial charge in [0.1, 0.15) is 18.7 Å². The molecular formula is C50H68N8O8. The number of rotatable bonds is 17. The van der Waals surface area contributed by atoms with Crippen molar-refractivity contribution in [2.45, 2.75) is 110 Å². The molecule has 2 amide bonds. The normalized spacial score (nSPS) is 20.6. The molecule has 4 aliphatic rings. The van der Waals surface area contributed by atoms with Crippen LogP contribution in [0.4, 0.5) is 16.2 Å². The number of nitrogens with zero attached hydrogens (tertiary/aromatic N) is 6. The highest BCUT2D eigenvalue weighted by atomic mass is 16.5. The zero-order chi connectivity index (χ0) is 46.5. The lowest BCUT2D eigenvalue weighted by atomic mass is 9.84. The number of aliphatic hydroxyl groups is 1. The number of benzene rings is 2. The molecule has 8 rings (SSSR count). The highest BCUT2D eigenvalue weighted by Crippen LogP contribution is 2.43. The quantitative estimate of drug-likeness (QED) is 0.101. The Morgan fingerprint density at radius 1 is 0.985 bits per heavy atom. The number of methoxy groups -OCH3 is 1. The van der Waals surface area contributed by atoms with Gasteiger partial charge in [0.15, 0.2) is 0 Å². The van der Waals surface area contributed by atoms with E-state index in [4.69, 9.17) is 19.2 Å². The van der Waals surface area contributed by atoms with Crippen LogP contribution in [0.15, 0.2) is 60.8 Å². The molecule has 16 nitrogen and oxygen atoms in total. The molecule has 3 aliphatic heterocycles. The van der Waals surface area contributed by atoms with Crippen LogP contribution in [0.2, 0.25) is 0 Å². The Kier molecular flexibility index (Phi) is 14.8. The minimum Gasteiger partial charge on any atom is -0.480 e. The van der Waals surface area contributed by atoms with E-state index in [1.807, 2.05) is 43.5 Å². The van der Waals surface area contributed by atoms with Crippen LogP contribution < -0.4 is 20.5 Å². The lowest BCUT2D eigenvalue weighted by Crippen LogP contribution is -2.60. The number of aliphatic hydroxyl groups excluding tert-OH is 1. The number of carboxylic acid groups (broad SMARTS) is 1. The summed E-state index contributed by atoms with van der Waals surface area (Å²) in [4.78, 5) is 51.7. The van der Waals surface area contributed by atoms with Crippen LogP contribution in [0.3, 0.4) is 0 Å². The number of ether oxygens (including phenoxy) is 3. The van der Waals surface area contributed by atoms with Crippen LogP contribution in [-0.2, 0) is 43.4 Å². The number of amides is 2. The number of alkyl carbamates (subject to hydrolysis) is 1. The summed E-state index contributed by atoms with van der Waals surface area (Å²) in [6.07, 6.45) is 4.78. The predicted molar refractivity (Wildman–Crippen MR) is 253 cm³/mol. The first kappa shape index (κ1) is 47.2. The van der Waals surface area contributed by atoms with Gasteiger partial charge >= 0.3 is 12.1 Å². The topological polar surface area (TPSA) is 174 Å². The van der Waals surface area contributed by atoms with Crippen molar-refractivity contribution in [1.29, 1.82) is 0 Å². The summed E-state index contributed by atoms with van der Waals surface area (Å²) in [5.74, 6) is -1.50. The van der Waals surface area contributed by atoms with Gasteiger partial charge in [0.05, 0.1) is 42.1 Å². The number of fused-ring (bicyclic) bond motifs is 1. The molecule has 5 heterocycles. The third-order valence-corrected chi connectivity index (χ3v) is 13.7. The van der Waals surface area contributed by atoms with Gasteiger partial charge in [0, 0.05) is 101 Å². The van der Waals surface area contributed by atoms with E-state index in [2.05, 4.69) is 75.0 Å². The van der Waals surface area contributed by atoms with Crippen molar-refractivity contribution < 1.29 is 38.8 Å². The molecule has 4 atom stereocenters. The Labute approximate surface area is 388 Å². The number of hydrogen-bond donors (Lipinski definition) is 4. The van der Waals surface area contributed by atoms with E-state index in [1.165, 1.54) is 17.9 Å². The standard InChI is InChI=1S/C50H68N8O8/c1-6-57-44-17-16-36(56-23-24-65-38(30-56)27-43(47(60)58-18-10-13-42(53-58)48(61)62)52-49(63)66-31-34-11-8-7-9-12-34)25-39(44)41(28-50(3,4)32-59)46(57)40-26-37(29-51-45(40)33(2)64-5)55-21-19-54(20-22-55)35-14-15-35/h7-9,11-12,16-17,25-26,29,33,35,38,42-43,53,59H,6,10,13-15,18-24,27-28,30-32H2,1-5H3,(H,52,63)(H,61,62)/t33-,38-,42-,43-/m0/s1. The lowest BCUT2D eigenvalue weighted by molar-refractivity contribution is -0.148. The first-order chi connectivity index (χ1) is 31.9. The van der Waals surface area contributed by atoms with E-state index in [0.29, 0.717) is 52.0 Å². The Hall–Kier alpha value is -5.26. The summed E-state index contributed by atoms with van der Waals surface area (Å²) in [5, 5.41) is 25.6. The lowest BCUT2D eigenvalue weighted by Gasteiger charge is -2.38. The van der Waals surface area contributed by atoms with E-state index in [0.717, 1.165) is 82.6 Å². The number of aryl methyl sites for hydroxylation is 1. The monoisotopic (exact) mass is 909 g/mol. The molecule has 356 valence electrons. The molecule has 1 saturated carbocycles. The van der Waals surface area contributed by atoms with E-state index in [-0.39, 0.29) is 25.7 Å². The fourth-order valence-corrected chi connectivity index (χ4v) is 9.81. The van der Waals surface area contributed by atoms with Crippen molar-refractivity contribution in [3.05, 3.63) is 77.6 Å². The smallest absolute Gasteiger partial charge is 0.408 e. The number of nitrogens with one attached hydrogen (secondary N) is 2. The van der Waals surface area contributed by atoms with Gasteiger partial charge in [0.2, 0.25) is 0 Å². The number of carbonyl (C=O) groups is 3. The first-order valence-corrected chi connectivity index (χ1v) is 23.8. The van der Waals surface area contributed by atoms with E-state index in [1.54, 1.807) is 7.11 Å². The molecule has 4 N–H and O–H groups in total. The molecular weight excluding hydrogens is 841 g/mol. The fourth-order valence-electron chi connectivity index (χ4n) is 9.81. The third-order valence-electron chi connectivity index (χ3n) is 13.7. The van der Waals surface area contributed by atoms with Crippen LogP contribution in [0.25, 0.3) is 22.2 Å². The average Bonchev–Trinajstić information content (AvgIpc) is 4.16. The van der Waals surface area contributed by atoms with E-state index in [9.17, 15) is 24.6 Å². The number of piperazine rings is 1. The van der Waals surface area contributed by atoms with Gasteiger partial charge in [-0.25, -0.2) is 10.2 Å². The minimum absolute atomic E-state index is 0.0125. The Balaban J connectivity index is 1.10. The molecule has 0 bridgehead atoms. The van der Waals surface area contributed by atoms with Crippen LogP contribution in [0.5, 0.6) is 0 Å². The number of aromatic nitrogens is 2. The van der Waals surface area contributed by atoms with Crippen LogP contribution in [-0.4, -0.2) is 138 Å². The highest BCUT2D eigenvalue weighted by Gasteiger charge is 2.37. The van der Waals surface area contributed by atoms with Gasteiger partial charge in [-0.05, 0) is 86.8 Å². The zero-order valence-corrected chi connectivity index (χ0v) is 39.2. The molecule has 0 spiro atoms. The second-order valence-corrected chi connectivity index (χ2v) is 19.1. The summed E-state index contributed by atoms with van der Waals surface area (Å²) in [5.41, 5.74) is 10.5. The third kappa shape index (κ3) is 10.8. The molecule has 2 aromatic carbocycles. The number of hydrazine groups is 1. The SMILES string of the molecule is CCn1c(-c2cc(N3CCN(C4CC4)CC3)cnc2[C@H](C)OC)c(CC(C)(C)CO)c2cc(N3CCO[C@@H](C[C@H](NC(=O)OCc4ccccc4)C(=O)N4CCC[C@@H](C(=O)O)N4)C3)ccc21. The molecule has 1 aliphatic carbocycles. The minimum atomic E-state index is -1.05. The summed E-state index contributed by atoms with van der Waals surface area (Å²) in [6.45, 7) is 14.9. The van der Waals surface area contributed by atoms with Crippen LogP contribution in [0, 0.1) is 5.41 Å². The first-order valence-electron chi connectivity index (χ1n) is 23.8. The molecule has 0 radical (unpaired) electrons. The van der Waals surface area contributed by atoms with Crippen molar-refractivity contribution >= 4 is 40.2 Å². The average molecular weight is 909 g/mol. The van der Waals surface area contributed by atoms with Crippen molar-refractivity contribution in [3.8, 4) is 11.3 Å². The van der Waals surface area contributed by atoms with Gasteiger partial charge in [-0.2, -0.15) is 0 Å². The molecule has 16 heteroatoms. The molecule has 4 fully saturated rings. The summed E-state index contributed by atoms with van der Waals surface area (Å²) in [7, 11) is 1.72. The van der Waals surface area contributed by atoms with Gasteiger partial charge < -0.3 is 44.1 Å². The van der Waals surface area contributed by atoms with Gasteiger partial charge in [-0.3, -0.25) is 24.5 Å². The van der Waals surface area contributed by atoms with Crippen LogP contribution in [0.1, 0.15) is 82.7 Å². The Morgan fingerprint density at radius 3 is 2.45 bits per heavy atom. The highest BCUT2D eigenvalue weighted by molar-refractivity contribution is 5.95. The van der Waals surface area contributed by atoms with Gasteiger partial charge in [0.25, 0.3) is 5.91 Å². The van der Waals surface area contributed by atoms with Crippen molar-refractivity contribution in [2.75, 3.05) is 75.9 Å². The summed E-state index contributed by atoms with van der Waals surface area (Å²) in [6, 6.07) is 16.9. The molecule has 3 saturated heterocycles. The largest absolute Gasteiger partial charge is 0.480 e. The van der Waals surface area contributed by atoms with Crippen molar-refractivity contribution in [3.63, 3.8) is 0 Å². The number of anilines is 2. The zero-order valence-electron chi connectivity index (χ0n) is 39.2. The Morgan fingerprint density at radius 2 is 1.76 bits per heavy atom. The molecule has 0 unspecified atom stereocenters. The van der Waals surface area contributed by atoms with Gasteiger partial charge in [-0.15, -0.1) is 0 Å². The second kappa shape index (κ2) is 20.7. The van der Waals surface area contributed by atoms with Crippen molar-refractivity contribution in [2.24, 2.45) is 5.41 Å². The number of pyridine rings is 1. The number of aliphatic carboxylic acids is 1.